The third-order valence-corrected chi connectivity index (χ3v) is 3.30. The molecule has 0 aromatic heterocycles. The first kappa shape index (κ1) is 13.8. The minimum Gasteiger partial charge on any atom is -0.302 e. The fraction of sp³-hybridized carbons (Fsp3) is 0.176. The van der Waals surface area contributed by atoms with Crippen molar-refractivity contribution in [2.45, 2.75) is 19.9 Å². The minimum atomic E-state index is 0. The zero-order valence-electron chi connectivity index (χ0n) is 10.4. The van der Waals surface area contributed by atoms with Crippen LogP contribution in [0, 0.1) is 11.3 Å². The summed E-state index contributed by atoms with van der Waals surface area (Å²) in [6, 6.07) is 20.2. The van der Waals surface area contributed by atoms with Crippen LogP contribution in [0.15, 0.2) is 59.7 Å². The highest BCUT2D eigenvalue weighted by Crippen LogP contribution is 2.24. The van der Waals surface area contributed by atoms with Crippen molar-refractivity contribution in [2.75, 3.05) is 0 Å². The summed E-state index contributed by atoms with van der Waals surface area (Å²) in [6.45, 7) is 0. The Bertz CT molecular complexity index is 636. The molecule has 1 unspecified atom stereocenters. The van der Waals surface area contributed by atoms with Crippen molar-refractivity contribution in [3.8, 4) is 6.07 Å². The van der Waals surface area contributed by atoms with Crippen LogP contribution in [0.5, 0.6) is 0 Å². The lowest BCUT2D eigenvalue weighted by atomic mass is 9.99. The molecule has 3 heteroatoms. The summed E-state index contributed by atoms with van der Waals surface area (Å²) in [5.74, 6) is 0. The van der Waals surface area contributed by atoms with Crippen LogP contribution in [-0.4, -0.2) is 5.71 Å². The monoisotopic (exact) mass is 263 g/mol. The number of rotatable bonds is 2. The van der Waals surface area contributed by atoms with Gasteiger partial charge in [0.15, 0.2) is 0 Å². The molecule has 1 atom stereocenters. The Morgan fingerprint density at radius 3 is 2.40 bits per heavy atom. The lowest BCUT2D eigenvalue weighted by molar-refractivity contribution is 0.620. The standard InChI is InChI=1S/C16H13N3.CH4/c17-11-12-6-8-14(9-7-12)16-10-15(18-19-16)13-4-2-1-3-5-13;/h1-9,15,18H,10H2;1H4. The summed E-state index contributed by atoms with van der Waals surface area (Å²) < 4.78 is 0. The van der Waals surface area contributed by atoms with E-state index in [1.54, 1.807) is 0 Å². The second-order valence-corrected chi connectivity index (χ2v) is 4.54. The fourth-order valence-electron chi connectivity index (χ4n) is 2.24. The molecule has 0 fully saturated rings. The van der Waals surface area contributed by atoms with Crippen molar-refractivity contribution >= 4 is 5.71 Å². The SMILES string of the molecule is C.N#Cc1ccc(C2=NNC(c3ccccc3)C2)cc1. The number of hydrogen-bond donors (Lipinski definition) is 1. The van der Waals surface area contributed by atoms with Crippen LogP contribution in [0.2, 0.25) is 0 Å². The van der Waals surface area contributed by atoms with E-state index in [0.29, 0.717) is 5.56 Å². The molecule has 20 heavy (non-hydrogen) atoms. The van der Waals surface area contributed by atoms with Gasteiger partial charge in [0, 0.05) is 6.42 Å². The third kappa shape index (κ3) is 2.70. The molecular formula is C17H17N3. The number of hydrogen-bond acceptors (Lipinski definition) is 3. The first-order valence-electron chi connectivity index (χ1n) is 6.24. The van der Waals surface area contributed by atoms with Crippen molar-refractivity contribution in [1.82, 2.24) is 5.43 Å². The summed E-state index contributed by atoms with van der Waals surface area (Å²) in [5, 5.41) is 13.2. The zero-order chi connectivity index (χ0) is 13.1. The highest BCUT2D eigenvalue weighted by Gasteiger charge is 2.20. The van der Waals surface area contributed by atoms with Crippen LogP contribution in [-0.2, 0) is 0 Å². The van der Waals surface area contributed by atoms with E-state index >= 15 is 0 Å². The first-order chi connectivity index (χ1) is 9.36. The fourth-order valence-corrected chi connectivity index (χ4v) is 2.24. The Morgan fingerprint density at radius 1 is 1.05 bits per heavy atom. The van der Waals surface area contributed by atoms with Crippen molar-refractivity contribution in [3.05, 3.63) is 71.3 Å². The number of nitrogens with one attached hydrogen (secondary N) is 1. The molecule has 3 rings (SSSR count). The molecule has 100 valence electrons. The predicted molar refractivity (Wildman–Crippen MR) is 81.4 cm³/mol. The number of nitriles is 1. The average Bonchev–Trinajstić information content (AvgIpc) is 2.98. The van der Waals surface area contributed by atoms with Gasteiger partial charge in [0.05, 0.1) is 23.4 Å². The molecular weight excluding hydrogens is 246 g/mol. The Labute approximate surface area is 119 Å². The lowest BCUT2D eigenvalue weighted by Crippen LogP contribution is -2.09. The van der Waals surface area contributed by atoms with Crippen LogP contribution < -0.4 is 5.43 Å². The average molecular weight is 263 g/mol. The van der Waals surface area contributed by atoms with Gasteiger partial charge in [-0.2, -0.15) is 10.4 Å². The number of hydrazone groups is 1. The molecule has 1 heterocycles. The predicted octanol–water partition coefficient (Wildman–Crippen LogP) is 3.63. The Hall–Kier alpha value is -2.60. The molecule has 1 aliphatic rings. The highest BCUT2D eigenvalue weighted by molar-refractivity contribution is 6.01. The molecule has 0 amide bonds. The van der Waals surface area contributed by atoms with Gasteiger partial charge in [0.25, 0.3) is 0 Å². The molecule has 0 radical (unpaired) electrons. The highest BCUT2D eigenvalue weighted by atomic mass is 15.3. The maximum atomic E-state index is 8.79. The van der Waals surface area contributed by atoms with Crippen molar-refractivity contribution in [3.63, 3.8) is 0 Å². The Morgan fingerprint density at radius 2 is 1.75 bits per heavy atom. The second kappa shape index (κ2) is 6.03. The molecule has 0 aliphatic carbocycles. The zero-order valence-corrected chi connectivity index (χ0v) is 10.4. The van der Waals surface area contributed by atoms with Gasteiger partial charge in [-0.1, -0.05) is 49.9 Å². The van der Waals surface area contributed by atoms with Crippen LogP contribution in [0.4, 0.5) is 0 Å². The second-order valence-electron chi connectivity index (χ2n) is 4.54. The van der Waals surface area contributed by atoms with Gasteiger partial charge in [-0.3, -0.25) is 0 Å². The molecule has 0 spiro atoms. The normalized spacial score (nSPS) is 16.6. The maximum absolute atomic E-state index is 8.79. The smallest absolute Gasteiger partial charge is 0.0991 e. The number of nitrogens with zero attached hydrogens (tertiary/aromatic N) is 2. The largest absolute Gasteiger partial charge is 0.302 e. The van der Waals surface area contributed by atoms with Gasteiger partial charge in [0.2, 0.25) is 0 Å². The van der Waals surface area contributed by atoms with E-state index in [0.717, 1.165) is 17.7 Å². The molecule has 1 aliphatic heterocycles. The summed E-state index contributed by atoms with van der Waals surface area (Å²) in [7, 11) is 0. The van der Waals surface area contributed by atoms with Crippen molar-refractivity contribution in [1.29, 1.82) is 5.26 Å². The summed E-state index contributed by atoms with van der Waals surface area (Å²) in [4.78, 5) is 0. The van der Waals surface area contributed by atoms with Gasteiger partial charge in [-0.25, -0.2) is 0 Å². The van der Waals surface area contributed by atoms with Gasteiger partial charge in [-0.15, -0.1) is 0 Å². The lowest BCUT2D eigenvalue weighted by Gasteiger charge is -2.09. The van der Waals surface area contributed by atoms with E-state index in [1.165, 1.54) is 5.56 Å². The summed E-state index contributed by atoms with van der Waals surface area (Å²) >= 11 is 0. The summed E-state index contributed by atoms with van der Waals surface area (Å²) in [6.07, 6.45) is 0.871. The topological polar surface area (TPSA) is 48.2 Å². The van der Waals surface area contributed by atoms with Gasteiger partial charge in [-0.05, 0) is 23.3 Å². The number of benzene rings is 2. The molecule has 1 N–H and O–H groups in total. The van der Waals surface area contributed by atoms with E-state index in [4.69, 9.17) is 5.26 Å². The van der Waals surface area contributed by atoms with E-state index in [-0.39, 0.29) is 13.5 Å². The van der Waals surface area contributed by atoms with E-state index in [1.807, 2.05) is 42.5 Å². The Kier molecular flexibility index (Phi) is 4.17. The van der Waals surface area contributed by atoms with Crippen LogP contribution in [0.3, 0.4) is 0 Å². The molecule has 0 bridgehead atoms. The minimum absolute atomic E-state index is 0. The van der Waals surface area contributed by atoms with Gasteiger partial charge < -0.3 is 5.43 Å². The van der Waals surface area contributed by atoms with Crippen LogP contribution in [0.25, 0.3) is 0 Å². The van der Waals surface area contributed by atoms with Gasteiger partial charge in [0.1, 0.15) is 0 Å². The quantitative estimate of drug-likeness (QED) is 0.899. The van der Waals surface area contributed by atoms with Crippen molar-refractivity contribution < 1.29 is 0 Å². The third-order valence-electron chi connectivity index (χ3n) is 3.30. The molecule has 0 saturated carbocycles. The summed E-state index contributed by atoms with van der Waals surface area (Å²) in [5.41, 5.74) is 7.21. The van der Waals surface area contributed by atoms with Crippen LogP contribution in [0.1, 0.15) is 36.6 Å². The molecule has 3 nitrogen and oxygen atoms in total. The molecule has 2 aromatic carbocycles. The van der Waals surface area contributed by atoms with Crippen LogP contribution >= 0.6 is 0 Å². The first-order valence-corrected chi connectivity index (χ1v) is 6.24. The van der Waals surface area contributed by atoms with E-state index < -0.39 is 0 Å². The molecule has 2 aromatic rings. The Balaban J connectivity index is 0.00000147. The van der Waals surface area contributed by atoms with Gasteiger partial charge >= 0.3 is 0 Å². The van der Waals surface area contributed by atoms with E-state index in [9.17, 15) is 0 Å². The molecule has 0 saturated heterocycles. The van der Waals surface area contributed by atoms with Crippen molar-refractivity contribution in [2.24, 2.45) is 5.10 Å². The van der Waals surface area contributed by atoms with E-state index in [2.05, 4.69) is 28.7 Å². The maximum Gasteiger partial charge on any atom is 0.0991 e.